The van der Waals surface area contributed by atoms with Gasteiger partial charge in [-0.25, -0.2) is 13.1 Å². The van der Waals surface area contributed by atoms with Crippen LogP contribution in [0.1, 0.15) is 6.42 Å². The van der Waals surface area contributed by atoms with E-state index in [0.29, 0.717) is 0 Å². The summed E-state index contributed by atoms with van der Waals surface area (Å²) in [7, 11) is -2.98. The van der Waals surface area contributed by atoms with Crippen molar-refractivity contribution in [2.24, 2.45) is 7.05 Å². The second-order valence-corrected chi connectivity index (χ2v) is 5.80. The molecule has 12 heteroatoms. The number of carboxylic acid groups (broad SMARTS) is 2. The molecule has 0 radical (unpaired) electrons. The highest BCUT2D eigenvalue weighted by molar-refractivity contribution is 9.10. The van der Waals surface area contributed by atoms with E-state index in [9.17, 15) is 18.0 Å². The SMILES string of the molecule is Cn1nnc(Br)c1S(=O)(=O)N[C@@H](CC(=O)O)C(=O)O. The number of nitrogens with zero attached hydrogens (tertiary/aromatic N) is 3. The molecule has 1 aromatic heterocycles. The van der Waals surface area contributed by atoms with Gasteiger partial charge in [0, 0.05) is 7.05 Å². The summed E-state index contributed by atoms with van der Waals surface area (Å²) >= 11 is 2.85. The zero-order chi connectivity index (χ0) is 14.8. The summed E-state index contributed by atoms with van der Waals surface area (Å²) in [5, 5.41) is 23.8. The van der Waals surface area contributed by atoms with Crippen LogP contribution in [-0.4, -0.2) is 51.6 Å². The maximum atomic E-state index is 11.9. The van der Waals surface area contributed by atoms with Gasteiger partial charge in [-0.1, -0.05) is 5.21 Å². The van der Waals surface area contributed by atoms with Crippen molar-refractivity contribution in [1.29, 1.82) is 0 Å². The maximum absolute atomic E-state index is 11.9. The van der Waals surface area contributed by atoms with Crippen molar-refractivity contribution in [2.45, 2.75) is 17.5 Å². The quantitative estimate of drug-likeness (QED) is 0.573. The lowest BCUT2D eigenvalue weighted by molar-refractivity contribution is -0.145. The molecule has 10 nitrogen and oxygen atoms in total. The minimum atomic E-state index is -4.27. The number of aliphatic carboxylic acids is 2. The molecule has 1 aromatic rings. The van der Waals surface area contributed by atoms with Gasteiger partial charge in [-0.15, -0.1) is 5.10 Å². The number of hydrogen-bond donors (Lipinski definition) is 3. The van der Waals surface area contributed by atoms with E-state index in [2.05, 4.69) is 26.2 Å². The van der Waals surface area contributed by atoms with Crippen molar-refractivity contribution in [3.05, 3.63) is 4.60 Å². The van der Waals surface area contributed by atoms with Gasteiger partial charge in [0.05, 0.1) is 6.42 Å². The van der Waals surface area contributed by atoms with Gasteiger partial charge < -0.3 is 10.2 Å². The summed E-state index contributed by atoms with van der Waals surface area (Å²) in [5.74, 6) is -3.05. The van der Waals surface area contributed by atoms with Gasteiger partial charge in [0.15, 0.2) is 4.60 Å². The Bertz CT molecular complexity index is 592. The van der Waals surface area contributed by atoms with E-state index in [1.165, 1.54) is 7.05 Å². The van der Waals surface area contributed by atoms with E-state index in [4.69, 9.17) is 10.2 Å². The molecule has 0 aliphatic carbocycles. The minimum absolute atomic E-state index is 0.109. The Labute approximate surface area is 115 Å². The lowest BCUT2D eigenvalue weighted by atomic mass is 10.2. The second kappa shape index (κ2) is 5.63. The average Bonchev–Trinajstić information content (AvgIpc) is 2.56. The van der Waals surface area contributed by atoms with E-state index in [1.807, 2.05) is 0 Å². The van der Waals surface area contributed by atoms with Crippen molar-refractivity contribution < 1.29 is 28.2 Å². The number of aryl methyl sites for hydroxylation is 1. The molecule has 1 atom stereocenters. The first-order valence-corrected chi connectivity index (χ1v) is 6.95. The molecule has 1 heterocycles. The van der Waals surface area contributed by atoms with Crippen LogP contribution in [-0.2, 0) is 26.7 Å². The minimum Gasteiger partial charge on any atom is -0.481 e. The Hall–Kier alpha value is -1.53. The lowest BCUT2D eigenvalue weighted by Gasteiger charge is -2.12. The lowest BCUT2D eigenvalue weighted by Crippen LogP contribution is -2.42. The molecule has 0 aromatic carbocycles. The third-order valence-electron chi connectivity index (χ3n) is 1.97. The number of hydrogen-bond acceptors (Lipinski definition) is 6. The molecule has 0 spiro atoms. The van der Waals surface area contributed by atoms with Crippen molar-refractivity contribution in [3.8, 4) is 0 Å². The van der Waals surface area contributed by atoms with Crippen molar-refractivity contribution in [2.75, 3.05) is 0 Å². The highest BCUT2D eigenvalue weighted by Crippen LogP contribution is 2.18. The number of carboxylic acids is 2. The molecular formula is C7H9BrN4O6S. The molecule has 0 saturated heterocycles. The molecule has 0 fully saturated rings. The fourth-order valence-corrected chi connectivity index (χ4v) is 3.49. The molecule has 0 bridgehead atoms. The van der Waals surface area contributed by atoms with E-state index >= 15 is 0 Å². The Morgan fingerprint density at radius 3 is 2.42 bits per heavy atom. The van der Waals surface area contributed by atoms with Crippen LogP contribution in [0.3, 0.4) is 0 Å². The summed E-state index contributed by atoms with van der Waals surface area (Å²) in [6.07, 6.45) is -0.891. The highest BCUT2D eigenvalue weighted by atomic mass is 79.9. The Morgan fingerprint density at radius 2 is 2.05 bits per heavy atom. The third-order valence-corrected chi connectivity index (χ3v) is 4.32. The number of halogens is 1. The molecule has 0 aliphatic rings. The van der Waals surface area contributed by atoms with Crippen molar-refractivity contribution in [1.82, 2.24) is 19.7 Å². The van der Waals surface area contributed by atoms with Gasteiger partial charge >= 0.3 is 11.9 Å². The van der Waals surface area contributed by atoms with Crippen LogP contribution in [0.5, 0.6) is 0 Å². The summed E-state index contributed by atoms with van der Waals surface area (Å²) < 4.78 is 26.4. The van der Waals surface area contributed by atoms with Crippen molar-refractivity contribution >= 4 is 37.9 Å². The van der Waals surface area contributed by atoms with Gasteiger partial charge in [-0.2, -0.15) is 4.72 Å². The van der Waals surface area contributed by atoms with Gasteiger partial charge in [-0.05, 0) is 15.9 Å². The predicted octanol–water partition coefficient (Wildman–Crippen LogP) is -1.22. The molecular weight excluding hydrogens is 348 g/mol. The zero-order valence-corrected chi connectivity index (χ0v) is 11.8. The molecule has 1 rings (SSSR count). The summed E-state index contributed by atoms with van der Waals surface area (Å²) in [4.78, 5) is 21.3. The fraction of sp³-hybridized carbons (Fsp3) is 0.429. The normalized spacial score (nSPS) is 13.2. The maximum Gasteiger partial charge on any atom is 0.322 e. The van der Waals surface area contributed by atoms with Crippen molar-refractivity contribution in [3.63, 3.8) is 0 Å². The van der Waals surface area contributed by atoms with Crippen LogP contribution in [0.15, 0.2) is 9.63 Å². The summed E-state index contributed by atoms with van der Waals surface area (Å²) in [5.41, 5.74) is 0. The number of rotatable bonds is 6. The van der Waals surface area contributed by atoms with Gasteiger partial charge in [0.25, 0.3) is 10.0 Å². The first-order valence-electron chi connectivity index (χ1n) is 4.67. The third kappa shape index (κ3) is 3.71. The van der Waals surface area contributed by atoms with Gasteiger partial charge in [0.1, 0.15) is 6.04 Å². The zero-order valence-electron chi connectivity index (χ0n) is 9.44. The van der Waals surface area contributed by atoms with Crippen LogP contribution >= 0.6 is 15.9 Å². The molecule has 19 heavy (non-hydrogen) atoms. The molecule has 106 valence electrons. The Morgan fingerprint density at radius 1 is 1.47 bits per heavy atom. The molecule has 0 saturated carbocycles. The monoisotopic (exact) mass is 356 g/mol. The molecule has 0 amide bonds. The first-order chi connectivity index (χ1) is 8.65. The van der Waals surface area contributed by atoms with Crippen LogP contribution in [0.2, 0.25) is 0 Å². The topological polar surface area (TPSA) is 151 Å². The first kappa shape index (κ1) is 15.5. The van der Waals surface area contributed by atoms with E-state index in [1.54, 1.807) is 4.72 Å². The average molecular weight is 357 g/mol. The molecule has 0 unspecified atom stereocenters. The number of sulfonamides is 1. The van der Waals surface area contributed by atoms with Crippen LogP contribution in [0, 0.1) is 0 Å². The Kier molecular flexibility index (Phi) is 4.60. The number of aromatic nitrogens is 3. The van der Waals surface area contributed by atoms with E-state index < -0.39 is 39.5 Å². The van der Waals surface area contributed by atoms with E-state index in [-0.39, 0.29) is 4.60 Å². The number of nitrogens with one attached hydrogen (secondary N) is 1. The van der Waals surface area contributed by atoms with Crippen LogP contribution < -0.4 is 4.72 Å². The van der Waals surface area contributed by atoms with Gasteiger partial charge in [0.2, 0.25) is 5.03 Å². The molecule has 3 N–H and O–H groups in total. The van der Waals surface area contributed by atoms with Gasteiger partial charge in [-0.3, -0.25) is 9.59 Å². The predicted molar refractivity (Wildman–Crippen MR) is 62.7 cm³/mol. The Balaban J connectivity index is 3.08. The summed E-state index contributed by atoms with van der Waals surface area (Å²) in [6.45, 7) is 0. The van der Waals surface area contributed by atoms with Crippen LogP contribution in [0.4, 0.5) is 0 Å². The fourth-order valence-electron chi connectivity index (χ4n) is 1.21. The second-order valence-electron chi connectivity index (χ2n) is 3.42. The standard InChI is InChI=1S/C7H9BrN4O6S/c1-12-6(5(8)9-11-12)19(17,18)10-3(7(15)16)2-4(13)14/h3,10H,2H2,1H3,(H,13,14)(H,15,16)/t3-/m0/s1. The largest absolute Gasteiger partial charge is 0.481 e. The molecule has 0 aliphatic heterocycles. The highest BCUT2D eigenvalue weighted by Gasteiger charge is 2.31. The summed E-state index contributed by atoms with van der Waals surface area (Å²) in [6, 6.07) is -1.79. The van der Waals surface area contributed by atoms with Crippen LogP contribution in [0.25, 0.3) is 0 Å². The van der Waals surface area contributed by atoms with E-state index in [0.717, 1.165) is 4.68 Å². The number of carbonyl (C=O) groups is 2. The smallest absolute Gasteiger partial charge is 0.322 e.